The van der Waals surface area contributed by atoms with Crippen LogP contribution in [0.5, 0.6) is 0 Å². The maximum absolute atomic E-state index is 11.4. The van der Waals surface area contributed by atoms with Crippen molar-refractivity contribution >= 4 is 5.97 Å². The molecule has 1 rings (SSSR count). The summed E-state index contributed by atoms with van der Waals surface area (Å²) in [6.45, 7) is 6.58. The van der Waals surface area contributed by atoms with Gasteiger partial charge in [0.05, 0.1) is 0 Å². The summed E-state index contributed by atoms with van der Waals surface area (Å²) in [6, 6.07) is 0. The maximum atomic E-state index is 11.4. The lowest BCUT2D eigenvalue weighted by Gasteiger charge is -2.31. The molecule has 20 heavy (non-hydrogen) atoms. The minimum atomic E-state index is -0.795. The normalized spacial score (nSPS) is 20.0. The molecule has 2 N–H and O–H groups in total. The fourth-order valence-corrected chi connectivity index (χ4v) is 2.99. The SMILES string of the molecule is CCCNC(C)(CCN(C)CC1CCCCC1)C(=O)O. The van der Waals surface area contributed by atoms with Crippen molar-refractivity contribution in [1.29, 1.82) is 0 Å². The smallest absolute Gasteiger partial charge is 0.323 e. The summed E-state index contributed by atoms with van der Waals surface area (Å²) < 4.78 is 0. The van der Waals surface area contributed by atoms with Crippen LogP contribution in [-0.2, 0) is 4.79 Å². The van der Waals surface area contributed by atoms with Crippen molar-refractivity contribution in [1.82, 2.24) is 10.2 Å². The minimum Gasteiger partial charge on any atom is -0.480 e. The van der Waals surface area contributed by atoms with Gasteiger partial charge in [0.25, 0.3) is 0 Å². The Hall–Kier alpha value is -0.610. The van der Waals surface area contributed by atoms with E-state index in [1.165, 1.54) is 32.1 Å². The second-order valence-electron chi connectivity index (χ2n) is 6.58. The van der Waals surface area contributed by atoms with E-state index in [9.17, 15) is 9.90 Å². The zero-order valence-corrected chi connectivity index (χ0v) is 13.5. The van der Waals surface area contributed by atoms with Crippen molar-refractivity contribution in [2.75, 3.05) is 26.7 Å². The van der Waals surface area contributed by atoms with Crippen LogP contribution in [0.4, 0.5) is 0 Å². The third kappa shape index (κ3) is 5.80. The summed E-state index contributed by atoms with van der Waals surface area (Å²) in [5.74, 6) is 0.0745. The van der Waals surface area contributed by atoms with Gasteiger partial charge in [-0.15, -0.1) is 0 Å². The third-order valence-electron chi connectivity index (χ3n) is 4.53. The zero-order valence-electron chi connectivity index (χ0n) is 13.5. The number of rotatable bonds is 9. The molecule has 4 heteroatoms. The molecule has 0 spiro atoms. The Morgan fingerprint density at radius 3 is 2.55 bits per heavy atom. The molecular weight excluding hydrogens is 252 g/mol. The van der Waals surface area contributed by atoms with E-state index < -0.39 is 11.5 Å². The van der Waals surface area contributed by atoms with E-state index in [0.717, 1.165) is 32.0 Å². The topological polar surface area (TPSA) is 52.6 Å². The van der Waals surface area contributed by atoms with Gasteiger partial charge >= 0.3 is 5.97 Å². The van der Waals surface area contributed by atoms with E-state index >= 15 is 0 Å². The van der Waals surface area contributed by atoms with Gasteiger partial charge in [-0.3, -0.25) is 4.79 Å². The molecule has 1 saturated carbocycles. The molecule has 1 atom stereocenters. The number of hydrogen-bond acceptors (Lipinski definition) is 3. The van der Waals surface area contributed by atoms with Crippen molar-refractivity contribution in [3.05, 3.63) is 0 Å². The van der Waals surface area contributed by atoms with Gasteiger partial charge in [0, 0.05) is 13.1 Å². The lowest BCUT2D eigenvalue weighted by atomic mass is 9.89. The van der Waals surface area contributed by atoms with Crippen molar-refractivity contribution in [2.24, 2.45) is 5.92 Å². The van der Waals surface area contributed by atoms with Crippen LogP contribution in [0.3, 0.4) is 0 Å². The van der Waals surface area contributed by atoms with E-state index in [2.05, 4.69) is 24.2 Å². The van der Waals surface area contributed by atoms with Crippen molar-refractivity contribution < 1.29 is 9.90 Å². The molecule has 0 bridgehead atoms. The average molecular weight is 284 g/mol. The first-order valence-electron chi connectivity index (χ1n) is 8.15. The molecule has 0 aromatic heterocycles. The Kier molecular flexibility index (Phi) is 7.52. The molecule has 4 nitrogen and oxygen atoms in total. The van der Waals surface area contributed by atoms with E-state index in [4.69, 9.17) is 0 Å². The fourth-order valence-electron chi connectivity index (χ4n) is 2.99. The van der Waals surface area contributed by atoms with Crippen LogP contribution in [0, 0.1) is 5.92 Å². The lowest BCUT2D eigenvalue weighted by Crippen LogP contribution is -2.51. The standard InChI is InChI=1S/C16H32N2O2/c1-4-11-17-16(2,15(19)20)10-12-18(3)13-14-8-6-5-7-9-14/h14,17H,4-13H2,1-3H3,(H,19,20). The first kappa shape index (κ1) is 17.4. The van der Waals surface area contributed by atoms with E-state index in [1.807, 2.05) is 0 Å². The van der Waals surface area contributed by atoms with Gasteiger partial charge in [0.2, 0.25) is 0 Å². The number of nitrogens with one attached hydrogen (secondary N) is 1. The van der Waals surface area contributed by atoms with E-state index in [-0.39, 0.29) is 0 Å². The first-order chi connectivity index (χ1) is 9.48. The second-order valence-corrected chi connectivity index (χ2v) is 6.58. The number of carboxylic acid groups (broad SMARTS) is 1. The summed E-state index contributed by atoms with van der Waals surface area (Å²) in [5, 5.41) is 12.6. The van der Waals surface area contributed by atoms with Gasteiger partial charge in [-0.25, -0.2) is 0 Å². The molecule has 0 radical (unpaired) electrons. The number of nitrogens with zero attached hydrogens (tertiary/aromatic N) is 1. The maximum Gasteiger partial charge on any atom is 0.323 e. The van der Waals surface area contributed by atoms with E-state index in [1.54, 1.807) is 6.92 Å². The van der Waals surface area contributed by atoms with Gasteiger partial charge in [-0.1, -0.05) is 26.2 Å². The highest BCUT2D eigenvalue weighted by Gasteiger charge is 2.32. The quantitative estimate of drug-likeness (QED) is 0.683. The van der Waals surface area contributed by atoms with Crippen LogP contribution < -0.4 is 5.32 Å². The predicted octanol–water partition coefficient (Wildman–Crippen LogP) is 2.73. The number of carboxylic acids is 1. The Morgan fingerprint density at radius 2 is 2.00 bits per heavy atom. The second kappa shape index (κ2) is 8.63. The van der Waals surface area contributed by atoms with Gasteiger partial charge in [0.15, 0.2) is 0 Å². The molecule has 118 valence electrons. The Bertz CT molecular complexity index is 290. The molecule has 1 aliphatic carbocycles. The highest BCUT2D eigenvalue weighted by molar-refractivity contribution is 5.78. The van der Waals surface area contributed by atoms with Crippen LogP contribution in [0.1, 0.15) is 58.8 Å². The van der Waals surface area contributed by atoms with Gasteiger partial charge in [0.1, 0.15) is 5.54 Å². The average Bonchev–Trinajstić information content (AvgIpc) is 2.44. The monoisotopic (exact) mass is 284 g/mol. The molecule has 0 saturated heterocycles. The molecule has 1 aliphatic rings. The minimum absolute atomic E-state index is 0.658. The molecule has 0 amide bonds. The van der Waals surface area contributed by atoms with Gasteiger partial charge in [-0.2, -0.15) is 0 Å². The summed E-state index contributed by atoms with van der Waals surface area (Å²) in [5.41, 5.74) is -0.795. The Labute approximate surface area is 123 Å². The largest absolute Gasteiger partial charge is 0.480 e. The van der Waals surface area contributed by atoms with Crippen LogP contribution in [0.2, 0.25) is 0 Å². The van der Waals surface area contributed by atoms with Gasteiger partial charge < -0.3 is 15.3 Å². The molecule has 0 aromatic rings. The van der Waals surface area contributed by atoms with Crippen molar-refractivity contribution in [3.8, 4) is 0 Å². The molecular formula is C16H32N2O2. The Morgan fingerprint density at radius 1 is 1.35 bits per heavy atom. The molecule has 0 heterocycles. The molecule has 0 aliphatic heterocycles. The number of aliphatic carboxylic acids is 1. The van der Waals surface area contributed by atoms with Crippen molar-refractivity contribution in [2.45, 2.75) is 64.3 Å². The van der Waals surface area contributed by atoms with Gasteiger partial charge in [-0.05, 0) is 52.1 Å². The summed E-state index contributed by atoms with van der Waals surface area (Å²) in [7, 11) is 2.12. The molecule has 1 fully saturated rings. The van der Waals surface area contributed by atoms with E-state index in [0.29, 0.717) is 6.42 Å². The Balaban J connectivity index is 2.35. The lowest BCUT2D eigenvalue weighted by molar-refractivity contribution is -0.144. The van der Waals surface area contributed by atoms with Crippen LogP contribution in [-0.4, -0.2) is 48.2 Å². The third-order valence-corrected chi connectivity index (χ3v) is 4.53. The predicted molar refractivity (Wildman–Crippen MR) is 83.0 cm³/mol. The first-order valence-corrected chi connectivity index (χ1v) is 8.15. The number of hydrogen-bond donors (Lipinski definition) is 2. The zero-order chi connectivity index (χ0) is 15.0. The summed E-state index contributed by atoms with van der Waals surface area (Å²) in [4.78, 5) is 13.8. The highest BCUT2D eigenvalue weighted by Crippen LogP contribution is 2.24. The molecule has 0 aromatic carbocycles. The summed E-state index contributed by atoms with van der Waals surface area (Å²) in [6.07, 6.45) is 8.42. The van der Waals surface area contributed by atoms with Crippen molar-refractivity contribution in [3.63, 3.8) is 0 Å². The fraction of sp³-hybridized carbons (Fsp3) is 0.938. The van der Waals surface area contributed by atoms with Crippen LogP contribution in [0.25, 0.3) is 0 Å². The summed E-state index contributed by atoms with van der Waals surface area (Å²) >= 11 is 0. The van der Waals surface area contributed by atoms with Crippen LogP contribution in [0.15, 0.2) is 0 Å². The highest BCUT2D eigenvalue weighted by atomic mass is 16.4. The van der Waals surface area contributed by atoms with Crippen LogP contribution >= 0.6 is 0 Å². The molecule has 1 unspecified atom stereocenters. The number of carbonyl (C=O) groups is 1.